The van der Waals surface area contributed by atoms with Crippen molar-refractivity contribution in [3.8, 4) is 0 Å². The number of carbonyl (C=O) groups is 2. The number of nitrogens with zero attached hydrogens (tertiary/aromatic N) is 4. The fourth-order valence-electron chi connectivity index (χ4n) is 5.33. The summed E-state index contributed by atoms with van der Waals surface area (Å²) in [7, 11) is 0. The molecule has 0 fully saturated rings. The highest BCUT2D eigenvalue weighted by Crippen LogP contribution is 2.16. The number of fused-ring (bicyclic) bond motifs is 1. The van der Waals surface area contributed by atoms with Gasteiger partial charge in [-0.1, -0.05) is 109 Å². The molecule has 0 aliphatic rings. The Bertz CT molecular complexity index is 1900. The van der Waals surface area contributed by atoms with Crippen LogP contribution in [-0.4, -0.2) is 59.6 Å². The van der Waals surface area contributed by atoms with Crippen molar-refractivity contribution in [1.82, 2.24) is 20.2 Å². The second-order valence-electron chi connectivity index (χ2n) is 11.5. The molecule has 8 heteroatoms. The highest BCUT2D eigenvalue weighted by molar-refractivity contribution is 6.08. The Morgan fingerprint density at radius 3 is 2.04 bits per heavy atom. The molecule has 0 saturated heterocycles. The number of ketones is 1. The van der Waals surface area contributed by atoms with Crippen LogP contribution in [0.1, 0.15) is 49.5 Å². The van der Waals surface area contributed by atoms with Gasteiger partial charge < -0.3 is 10.3 Å². The average molecular weight is 665 g/mol. The van der Waals surface area contributed by atoms with Crippen molar-refractivity contribution in [2.24, 2.45) is 10.2 Å². The lowest BCUT2D eigenvalue weighted by Crippen LogP contribution is -2.35. The molecule has 6 aromatic rings. The van der Waals surface area contributed by atoms with Crippen molar-refractivity contribution >= 4 is 36.0 Å². The highest BCUT2D eigenvalue weighted by Gasteiger charge is 2.12. The van der Waals surface area contributed by atoms with Gasteiger partial charge in [0, 0.05) is 67.5 Å². The molecule has 0 aliphatic carbocycles. The number of aromatic nitrogens is 2. The van der Waals surface area contributed by atoms with Crippen LogP contribution in [-0.2, 0) is 13.0 Å². The first-order valence-electron chi connectivity index (χ1n) is 16.6. The van der Waals surface area contributed by atoms with Crippen LogP contribution in [0.5, 0.6) is 0 Å². The maximum Gasteiger partial charge on any atom is 0.269 e. The van der Waals surface area contributed by atoms with Crippen LogP contribution in [0.25, 0.3) is 10.9 Å². The number of amides is 1. The van der Waals surface area contributed by atoms with Crippen LogP contribution in [0.4, 0.5) is 0 Å². The molecule has 0 radical (unpaired) electrons. The molecule has 0 aliphatic heterocycles. The fourth-order valence-corrected chi connectivity index (χ4v) is 5.33. The number of benzene rings is 4. The zero-order valence-electron chi connectivity index (χ0n) is 28.5. The number of pyridine rings is 1. The maximum absolute atomic E-state index is 12.7. The third-order valence-electron chi connectivity index (χ3n) is 7.95. The Morgan fingerprint density at radius 1 is 0.740 bits per heavy atom. The highest BCUT2D eigenvalue weighted by atomic mass is 16.2. The van der Waals surface area contributed by atoms with E-state index in [1.54, 1.807) is 18.3 Å². The molecule has 50 heavy (non-hydrogen) atoms. The summed E-state index contributed by atoms with van der Waals surface area (Å²) in [5.41, 5.74) is 6.79. The molecule has 0 saturated carbocycles. The van der Waals surface area contributed by atoms with Crippen LogP contribution >= 0.6 is 0 Å². The number of nitrogens with one attached hydrogen (secondary N) is 2. The van der Waals surface area contributed by atoms with Gasteiger partial charge in [0.2, 0.25) is 0 Å². The van der Waals surface area contributed by atoms with E-state index in [0.717, 1.165) is 38.0 Å². The van der Waals surface area contributed by atoms with Gasteiger partial charge in [-0.25, -0.2) is 0 Å². The third kappa shape index (κ3) is 11.9. The molecule has 0 spiro atoms. The second-order valence-corrected chi connectivity index (χ2v) is 11.5. The molecule has 0 bridgehead atoms. The van der Waals surface area contributed by atoms with Gasteiger partial charge in [0.15, 0.2) is 5.78 Å². The van der Waals surface area contributed by atoms with Crippen molar-refractivity contribution < 1.29 is 9.59 Å². The monoisotopic (exact) mass is 664 g/mol. The normalized spacial score (nSPS) is 10.3. The number of H-pyrrole nitrogens is 1. The maximum atomic E-state index is 12.7. The molecule has 2 aromatic heterocycles. The summed E-state index contributed by atoms with van der Waals surface area (Å²) < 4.78 is 0. The van der Waals surface area contributed by atoms with Gasteiger partial charge in [-0.05, 0) is 61.2 Å². The first-order chi connectivity index (χ1) is 24.5. The number of aryl methyl sites for hydroxylation is 2. The van der Waals surface area contributed by atoms with Gasteiger partial charge in [-0.3, -0.25) is 19.5 Å². The van der Waals surface area contributed by atoms with E-state index in [0.29, 0.717) is 23.4 Å². The number of para-hydroxylation sites is 1. The molecule has 2 heterocycles. The quantitative estimate of drug-likeness (QED) is 0.0743. The first kappa shape index (κ1) is 36.8. The predicted molar refractivity (Wildman–Crippen MR) is 205 cm³/mol. The van der Waals surface area contributed by atoms with E-state index in [-0.39, 0.29) is 11.7 Å². The molecule has 254 valence electrons. The molecule has 1 amide bonds. The van der Waals surface area contributed by atoms with Crippen LogP contribution in [0.15, 0.2) is 150 Å². The zero-order valence-corrected chi connectivity index (χ0v) is 28.5. The van der Waals surface area contributed by atoms with Crippen molar-refractivity contribution in [2.45, 2.75) is 26.3 Å². The van der Waals surface area contributed by atoms with E-state index < -0.39 is 0 Å². The van der Waals surface area contributed by atoms with Crippen molar-refractivity contribution in [3.05, 3.63) is 173 Å². The fraction of sp³-hybridized carbons (Fsp3) is 0.167. The third-order valence-corrected chi connectivity index (χ3v) is 7.95. The Morgan fingerprint density at radius 2 is 1.38 bits per heavy atom. The molecule has 0 atom stereocenters. The van der Waals surface area contributed by atoms with Gasteiger partial charge in [0.05, 0.1) is 0 Å². The summed E-state index contributed by atoms with van der Waals surface area (Å²) in [6.07, 6.45) is 5.67. The van der Waals surface area contributed by atoms with Gasteiger partial charge in [0.25, 0.3) is 5.91 Å². The second kappa shape index (κ2) is 20.4. The van der Waals surface area contributed by atoms with Gasteiger partial charge in [-0.2, -0.15) is 10.2 Å². The number of hydrogen-bond acceptors (Lipinski definition) is 6. The summed E-state index contributed by atoms with van der Waals surface area (Å²) in [5.74, 6) is -0.136. The van der Waals surface area contributed by atoms with E-state index in [1.807, 2.05) is 79.0 Å². The van der Waals surface area contributed by atoms with E-state index in [9.17, 15) is 9.59 Å². The number of carbonyl (C=O) groups excluding carboxylic acids is 2. The number of hydrogen-bond donors (Lipinski definition) is 2. The SMILES string of the molecule is C=NN=C.Cc1c[nH]c2ccccc12.O=C(c1ccccc1)c1ccc(CN(CCCc2ccccc2)CCNC(=O)c2ccccn2)cc1. The summed E-state index contributed by atoms with van der Waals surface area (Å²) in [5, 5.41) is 10.3. The van der Waals surface area contributed by atoms with E-state index in [2.05, 4.69) is 93.2 Å². The smallest absolute Gasteiger partial charge is 0.269 e. The zero-order chi connectivity index (χ0) is 35.4. The molecular weight excluding hydrogens is 621 g/mol. The van der Waals surface area contributed by atoms with Gasteiger partial charge >= 0.3 is 0 Å². The van der Waals surface area contributed by atoms with Crippen LogP contribution in [0.2, 0.25) is 0 Å². The minimum atomic E-state index is -0.163. The Labute approximate surface area is 294 Å². The number of aromatic amines is 1. The van der Waals surface area contributed by atoms with Crippen LogP contribution in [0, 0.1) is 6.92 Å². The summed E-state index contributed by atoms with van der Waals surface area (Å²) >= 11 is 0. The largest absolute Gasteiger partial charge is 0.361 e. The van der Waals surface area contributed by atoms with Crippen molar-refractivity contribution in [3.63, 3.8) is 0 Å². The Hall–Kier alpha value is -5.99. The summed E-state index contributed by atoms with van der Waals surface area (Å²) in [6, 6.07) is 41.3. The molecule has 8 nitrogen and oxygen atoms in total. The minimum Gasteiger partial charge on any atom is -0.361 e. The molecule has 0 unspecified atom stereocenters. The van der Waals surface area contributed by atoms with Crippen LogP contribution < -0.4 is 5.32 Å². The lowest BCUT2D eigenvalue weighted by molar-refractivity contribution is 0.0942. The topological polar surface area (TPSA) is 103 Å². The lowest BCUT2D eigenvalue weighted by atomic mass is 10.0. The summed E-state index contributed by atoms with van der Waals surface area (Å²) in [4.78, 5) is 34.7. The molecule has 6 rings (SSSR count). The summed E-state index contributed by atoms with van der Waals surface area (Å²) in [6.45, 7) is 11.0. The minimum absolute atomic E-state index is 0.0269. The molecule has 2 N–H and O–H groups in total. The average Bonchev–Trinajstić information content (AvgIpc) is 3.56. The van der Waals surface area contributed by atoms with E-state index in [1.165, 1.54) is 22.0 Å². The van der Waals surface area contributed by atoms with Gasteiger partial charge in [0.1, 0.15) is 5.69 Å². The van der Waals surface area contributed by atoms with Gasteiger partial charge in [-0.15, -0.1) is 0 Å². The first-order valence-corrected chi connectivity index (χ1v) is 16.6. The standard InChI is InChI=1S/C31H31N3O2.C9H9N.C2H4N2/c35-30(27-13-5-2-6-14-27)28-18-16-26(17-19-28)24-34(22-9-12-25-10-3-1-4-11-25)23-21-33-31(36)29-15-7-8-20-32-29;1-7-6-10-9-5-3-2-4-8(7)9;1-3-4-2/h1-8,10-11,13-20H,9,12,21-24H2,(H,33,36);2-6,10H,1H3;1-2H2. The van der Waals surface area contributed by atoms with Crippen molar-refractivity contribution in [1.29, 1.82) is 0 Å². The van der Waals surface area contributed by atoms with Crippen molar-refractivity contribution in [2.75, 3.05) is 19.6 Å². The molecular formula is C42H44N6O2. The van der Waals surface area contributed by atoms with Crippen LogP contribution in [0.3, 0.4) is 0 Å². The van der Waals surface area contributed by atoms with E-state index >= 15 is 0 Å². The Balaban J connectivity index is 0.000000331. The lowest BCUT2D eigenvalue weighted by Gasteiger charge is -2.23. The number of rotatable bonds is 13. The predicted octanol–water partition coefficient (Wildman–Crippen LogP) is 7.96. The van der Waals surface area contributed by atoms with E-state index in [4.69, 9.17) is 0 Å². The molecule has 4 aromatic carbocycles. The Kier molecular flexibility index (Phi) is 15.0.